The lowest BCUT2D eigenvalue weighted by atomic mass is 9.84. The average Bonchev–Trinajstić information content (AvgIpc) is 2.76. The van der Waals surface area contributed by atoms with Crippen molar-refractivity contribution in [3.05, 3.63) is 23.8 Å². The smallest absolute Gasteiger partial charge is 0.410 e. The summed E-state index contributed by atoms with van der Waals surface area (Å²) in [5.74, 6) is 1.25. The van der Waals surface area contributed by atoms with Gasteiger partial charge in [-0.15, -0.1) is 0 Å². The summed E-state index contributed by atoms with van der Waals surface area (Å²) in [5.41, 5.74) is 7.33. The van der Waals surface area contributed by atoms with Crippen LogP contribution in [-0.4, -0.2) is 35.8 Å². The minimum atomic E-state index is -0.451. The van der Waals surface area contributed by atoms with E-state index in [2.05, 4.69) is 6.07 Å². The number of nitrogens with zero attached hydrogens (tertiary/aromatic N) is 1. The first-order chi connectivity index (χ1) is 11.3. The van der Waals surface area contributed by atoms with Gasteiger partial charge in [-0.2, -0.15) is 0 Å². The van der Waals surface area contributed by atoms with Gasteiger partial charge in [-0.3, -0.25) is 0 Å². The molecule has 24 heavy (non-hydrogen) atoms. The molecular weight excluding hydrogens is 304 g/mol. The molecule has 0 saturated carbocycles. The van der Waals surface area contributed by atoms with E-state index in [1.807, 2.05) is 37.8 Å². The Labute approximate surface area is 144 Å². The number of carbonyl (C=O) groups is 1. The minimum Gasteiger partial charge on any atom is -0.496 e. The van der Waals surface area contributed by atoms with Crippen LogP contribution < -0.4 is 10.5 Å². The third-order valence-corrected chi connectivity index (χ3v) is 5.03. The Morgan fingerprint density at radius 3 is 2.38 bits per heavy atom. The van der Waals surface area contributed by atoms with Gasteiger partial charge in [-0.1, -0.05) is 6.07 Å². The third kappa shape index (κ3) is 3.30. The van der Waals surface area contributed by atoms with E-state index in [9.17, 15) is 4.79 Å². The zero-order valence-electron chi connectivity index (χ0n) is 15.0. The van der Waals surface area contributed by atoms with E-state index in [1.54, 1.807) is 7.11 Å². The van der Waals surface area contributed by atoms with Gasteiger partial charge in [0.2, 0.25) is 0 Å². The first kappa shape index (κ1) is 16.9. The summed E-state index contributed by atoms with van der Waals surface area (Å²) in [7, 11) is 1.68. The molecule has 2 unspecified atom stereocenters. The van der Waals surface area contributed by atoms with Gasteiger partial charge >= 0.3 is 6.09 Å². The molecule has 5 heteroatoms. The molecule has 1 aromatic carbocycles. The van der Waals surface area contributed by atoms with Crippen LogP contribution in [0.5, 0.6) is 5.75 Å². The van der Waals surface area contributed by atoms with Crippen molar-refractivity contribution in [2.24, 2.45) is 0 Å². The fourth-order valence-electron chi connectivity index (χ4n) is 4.11. The van der Waals surface area contributed by atoms with Gasteiger partial charge in [0.25, 0.3) is 0 Å². The van der Waals surface area contributed by atoms with Crippen LogP contribution in [-0.2, 0) is 4.74 Å². The van der Waals surface area contributed by atoms with Crippen molar-refractivity contribution in [2.75, 3.05) is 12.8 Å². The van der Waals surface area contributed by atoms with Crippen LogP contribution in [0, 0.1) is 0 Å². The predicted octanol–water partition coefficient (Wildman–Crippen LogP) is 3.92. The number of anilines is 1. The van der Waals surface area contributed by atoms with Crippen molar-refractivity contribution < 1.29 is 14.3 Å². The second-order valence-electron chi connectivity index (χ2n) is 7.94. The Morgan fingerprint density at radius 1 is 1.21 bits per heavy atom. The zero-order valence-corrected chi connectivity index (χ0v) is 15.0. The molecule has 1 aromatic rings. The Bertz CT molecular complexity index is 610. The highest BCUT2D eigenvalue weighted by atomic mass is 16.6. The molecular formula is C19H28N2O3. The Morgan fingerprint density at radius 2 is 1.83 bits per heavy atom. The van der Waals surface area contributed by atoms with E-state index < -0.39 is 5.60 Å². The topological polar surface area (TPSA) is 64.8 Å². The Kier molecular flexibility index (Phi) is 4.37. The number of fused-ring (bicyclic) bond motifs is 2. The van der Waals surface area contributed by atoms with Gasteiger partial charge in [-0.25, -0.2) is 4.79 Å². The van der Waals surface area contributed by atoms with Crippen LogP contribution in [0.15, 0.2) is 18.2 Å². The molecule has 1 amide bonds. The Hall–Kier alpha value is -1.91. The molecule has 0 aromatic heterocycles. The van der Waals surface area contributed by atoms with Crippen molar-refractivity contribution in [3.8, 4) is 5.75 Å². The first-order valence-electron chi connectivity index (χ1n) is 8.73. The highest BCUT2D eigenvalue weighted by Crippen LogP contribution is 2.45. The molecule has 132 valence electrons. The first-order valence-corrected chi connectivity index (χ1v) is 8.73. The van der Waals surface area contributed by atoms with Gasteiger partial charge in [-0.05, 0) is 64.0 Å². The van der Waals surface area contributed by atoms with Crippen LogP contribution in [0.1, 0.15) is 57.9 Å². The minimum absolute atomic E-state index is 0.169. The van der Waals surface area contributed by atoms with E-state index in [-0.39, 0.29) is 18.2 Å². The second kappa shape index (κ2) is 6.19. The van der Waals surface area contributed by atoms with Gasteiger partial charge in [0.15, 0.2) is 0 Å². The number of ether oxygens (including phenoxy) is 2. The Balaban J connectivity index is 1.77. The fraction of sp³-hybridized carbons (Fsp3) is 0.632. The summed E-state index contributed by atoms with van der Waals surface area (Å²) in [6.07, 6.45) is 3.85. The number of carbonyl (C=O) groups excluding carboxylic acids is 1. The van der Waals surface area contributed by atoms with Crippen molar-refractivity contribution in [1.82, 2.24) is 4.90 Å². The van der Waals surface area contributed by atoms with Crippen LogP contribution in [0.4, 0.5) is 10.5 Å². The molecule has 2 fully saturated rings. The summed E-state index contributed by atoms with van der Waals surface area (Å²) in [5, 5.41) is 0. The van der Waals surface area contributed by atoms with E-state index in [0.29, 0.717) is 11.6 Å². The maximum absolute atomic E-state index is 12.5. The fourth-order valence-corrected chi connectivity index (χ4v) is 4.11. The quantitative estimate of drug-likeness (QED) is 0.834. The number of piperidine rings is 1. The highest BCUT2D eigenvalue weighted by molar-refractivity contribution is 5.70. The average molecular weight is 332 g/mol. The summed E-state index contributed by atoms with van der Waals surface area (Å²) in [6, 6.07) is 6.40. The van der Waals surface area contributed by atoms with E-state index in [1.165, 1.54) is 5.56 Å². The van der Waals surface area contributed by atoms with Crippen LogP contribution in [0.25, 0.3) is 0 Å². The SMILES string of the molecule is COc1cc(N)ccc1C1CC2CCC(C1)N2C(=O)OC(C)(C)C. The van der Waals surface area contributed by atoms with Crippen LogP contribution in [0.2, 0.25) is 0 Å². The molecule has 3 rings (SSSR count). The van der Waals surface area contributed by atoms with Gasteiger partial charge in [0, 0.05) is 23.8 Å². The van der Waals surface area contributed by atoms with Crippen LogP contribution in [0.3, 0.4) is 0 Å². The van der Waals surface area contributed by atoms with Gasteiger partial charge < -0.3 is 20.1 Å². The summed E-state index contributed by atoms with van der Waals surface area (Å²) in [6.45, 7) is 5.75. The molecule has 2 aliphatic heterocycles. The maximum atomic E-state index is 12.5. The molecule has 0 spiro atoms. The van der Waals surface area contributed by atoms with E-state index in [4.69, 9.17) is 15.2 Å². The van der Waals surface area contributed by atoms with Crippen molar-refractivity contribution in [1.29, 1.82) is 0 Å². The number of amides is 1. The number of hydrogen-bond acceptors (Lipinski definition) is 4. The molecule has 2 N–H and O–H groups in total. The van der Waals surface area contributed by atoms with Crippen molar-refractivity contribution in [3.63, 3.8) is 0 Å². The molecule has 0 radical (unpaired) electrons. The zero-order chi connectivity index (χ0) is 17.5. The van der Waals surface area contributed by atoms with E-state index in [0.717, 1.165) is 31.4 Å². The predicted molar refractivity (Wildman–Crippen MR) is 94.3 cm³/mol. The summed E-state index contributed by atoms with van der Waals surface area (Å²) < 4.78 is 11.1. The summed E-state index contributed by atoms with van der Waals surface area (Å²) in [4.78, 5) is 14.5. The largest absolute Gasteiger partial charge is 0.496 e. The maximum Gasteiger partial charge on any atom is 0.410 e. The number of nitrogens with two attached hydrogens (primary N) is 1. The molecule has 5 nitrogen and oxygen atoms in total. The molecule has 2 aliphatic rings. The monoisotopic (exact) mass is 332 g/mol. The summed E-state index contributed by atoms with van der Waals surface area (Å²) >= 11 is 0. The molecule has 2 atom stereocenters. The van der Waals surface area contributed by atoms with Gasteiger partial charge in [0.05, 0.1) is 7.11 Å². The molecule has 2 heterocycles. The number of nitrogen functional groups attached to an aromatic ring is 1. The van der Waals surface area contributed by atoms with Crippen molar-refractivity contribution >= 4 is 11.8 Å². The van der Waals surface area contributed by atoms with E-state index >= 15 is 0 Å². The normalized spacial score (nSPS) is 26.3. The number of hydrogen-bond donors (Lipinski definition) is 1. The number of rotatable bonds is 2. The van der Waals surface area contributed by atoms with Gasteiger partial charge in [0.1, 0.15) is 11.4 Å². The lowest BCUT2D eigenvalue weighted by Gasteiger charge is -2.40. The third-order valence-electron chi connectivity index (χ3n) is 5.03. The lowest BCUT2D eigenvalue weighted by Crippen LogP contribution is -2.48. The molecule has 2 saturated heterocycles. The molecule has 0 aliphatic carbocycles. The van der Waals surface area contributed by atoms with Crippen molar-refractivity contribution in [2.45, 2.75) is 70.1 Å². The number of methoxy groups -OCH3 is 1. The standard InChI is InChI=1S/C19H28N2O3/c1-19(2,3)24-18(22)21-14-6-7-15(21)10-12(9-14)16-8-5-13(20)11-17(16)23-4/h5,8,11-12,14-15H,6-7,9-10,20H2,1-4H3. The molecule has 2 bridgehead atoms. The highest BCUT2D eigenvalue weighted by Gasteiger charge is 2.45. The number of benzene rings is 1. The second-order valence-corrected chi connectivity index (χ2v) is 7.94. The lowest BCUT2D eigenvalue weighted by molar-refractivity contribution is 0.00579. The van der Waals surface area contributed by atoms with Crippen LogP contribution >= 0.6 is 0 Å².